The highest BCUT2D eigenvalue weighted by Crippen LogP contribution is 2.29. The molecule has 1 N–H and O–H groups in total. The van der Waals surface area contributed by atoms with Crippen LogP contribution >= 0.6 is 9.24 Å². The van der Waals surface area contributed by atoms with Crippen LogP contribution < -0.4 is 10.0 Å². The van der Waals surface area contributed by atoms with Crippen LogP contribution in [-0.4, -0.2) is 30.3 Å². The molecule has 7 heteroatoms. The number of hydrogen-bond acceptors (Lipinski definition) is 4. The Morgan fingerprint density at radius 2 is 1.91 bits per heavy atom. The molecule has 2 rings (SSSR count). The Hall–Kier alpha value is -1.68. The Balaban J connectivity index is 2.05. The van der Waals surface area contributed by atoms with Crippen LogP contribution in [0.4, 0.5) is 4.39 Å². The first-order chi connectivity index (χ1) is 10.4. The lowest BCUT2D eigenvalue weighted by molar-refractivity contribution is -0.147. The SMILES string of the molecule is COC(=O)C1CCC(Oc2cc(C(=O)O)c(F)cc2P)CC1. The monoisotopic (exact) mass is 328 g/mol. The molecule has 1 unspecified atom stereocenters. The van der Waals surface area contributed by atoms with E-state index in [2.05, 4.69) is 9.24 Å². The number of carbonyl (C=O) groups is 2. The zero-order valence-electron chi connectivity index (χ0n) is 12.2. The maximum Gasteiger partial charge on any atom is 0.338 e. The number of rotatable bonds is 4. The van der Waals surface area contributed by atoms with Crippen LogP contribution in [0.3, 0.4) is 0 Å². The van der Waals surface area contributed by atoms with Crippen molar-refractivity contribution >= 4 is 26.5 Å². The van der Waals surface area contributed by atoms with Gasteiger partial charge in [0.25, 0.3) is 0 Å². The van der Waals surface area contributed by atoms with E-state index in [1.165, 1.54) is 13.2 Å². The minimum Gasteiger partial charge on any atom is -0.490 e. The van der Waals surface area contributed by atoms with Crippen molar-refractivity contribution in [3.8, 4) is 5.75 Å². The molecule has 0 radical (unpaired) electrons. The van der Waals surface area contributed by atoms with E-state index >= 15 is 0 Å². The quantitative estimate of drug-likeness (QED) is 0.677. The molecule has 1 atom stereocenters. The molecule has 1 aromatic rings. The summed E-state index contributed by atoms with van der Waals surface area (Å²) >= 11 is 0. The molecule has 1 fully saturated rings. The molecule has 1 aliphatic rings. The fraction of sp³-hybridized carbons (Fsp3) is 0.467. The molecule has 0 aliphatic heterocycles. The molecule has 0 heterocycles. The predicted molar refractivity (Wildman–Crippen MR) is 81.1 cm³/mol. The number of ether oxygens (including phenoxy) is 2. The maximum atomic E-state index is 13.5. The van der Waals surface area contributed by atoms with Crippen LogP contribution in [0.2, 0.25) is 0 Å². The number of carbonyl (C=O) groups excluding carboxylic acids is 1. The smallest absolute Gasteiger partial charge is 0.338 e. The first-order valence-corrected chi connectivity index (χ1v) is 7.57. The van der Waals surface area contributed by atoms with Gasteiger partial charge in [0.2, 0.25) is 0 Å². The Morgan fingerprint density at radius 1 is 1.27 bits per heavy atom. The van der Waals surface area contributed by atoms with Gasteiger partial charge in [-0.25, -0.2) is 9.18 Å². The van der Waals surface area contributed by atoms with E-state index in [1.807, 2.05) is 0 Å². The summed E-state index contributed by atoms with van der Waals surface area (Å²) in [6.45, 7) is 0. The van der Waals surface area contributed by atoms with Gasteiger partial charge in [0.1, 0.15) is 11.6 Å². The predicted octanol–water partition coefficient (Wildman–Crippen LogP) is 2.13. The summed E-state index contributed by atoms with van der Waals surface area (Å²) in [6, 6.07) is 2.33. The summed E-state index contributed by atoms with van der Waals surface area (Å²) in [5, 5.41) is 9.43. The van der Waals surface area contributed by atoms with Crippen molar-refractivity contribution in [3.63, 3.8) is 0 Å². The van der Waals surface area contributed by atoms with Crippen LogP contribution in [0, 0.1) is 11.7 Å². The maximum absolute atomic E-state index is 13.5. The highest BCUT2D eigenvalue weighted by molar-refractivity contribution is 7.27. The first-order valence-electron chi connectivity index (χ1n) is 6.99. The number of carboxylic acids is 1. The lowest BCUT2D eigenvalue weighted by Gasteiger charge is -2.28. The summed E-state index contributed by atoms with van der Waals surface area (Å²) in [5.74, 6) is -2.10. The van der Waals surface area contributed by atoms with Gasteiger partial charge in [-0.05, 0) is 37.8 Å². The van der Waals surface area contributed by atoms with Crippen molar-refractivity contribution in [2.24, 2.45) is 5.92 Å². The Morgan fingerprint density at radius 3 is 2.45 bits per heavy atom. The van der Waals surface area contributed by atoms with Crippen LogP contribution in [0.5, 0.6) is 5.75 Å². The zero-order chi connectivity index (χ0) is 16.3. The van der Waals surface area contributed by atoms with E-state index in [0.29, 0.717) is 36.7 Å². The third-order valence-corrected chi connectivity index (χ3v) is 4.28. The number of halogens is 1. The molecule has 0 amide bonds. The molecule has 0 bridgehead atoms. The third-order valence-electron chi connectivity index (χ3n) is 3.83. The Bertz CT molecular complexity index is 582. The summed E-state index contributed by atoms with van der Waals surface area (Å²) < 4.78 is 24.1. The summed E-state index contributed by atoms with van der Waals surface area (Å²) in [6.07, 6.45) is 2.55. The van der Waals surface area contributed by atoms with E-state index in [0.717, 1.165) is 6.07 Å². The van der Waals surface area contributed by atoms with Crippen molar-refractivity contribution in [3.05, 3.63) is 23.5 Å². The Kier molecular flexibility index (Phi) is 5.35. The number of carboxylic acid groups (broad SMARTS) is 1. The number of esters is 1. The van der Waals surface area contributed by atoms with E-state index < -0.39 is 17.3 Å². The van der Waals surface area contributed by atoms with Crippen molar-refractivity contribution in [1.29, 1.82) is 0 Å². The fourth-order valence-electron chi connectivity index (χ4n) is 2.60. The van der Waals surface area contributed by atoms with Gasteiger partial charge in [0.05, 0.1) is 24.7 Å². The van der Waals surface area contributed by atoms with E-state index in [-0.39, 0.29) is 18.0 Å². The van der Waals surface area contributed by atoms with Crippen molar-refractivity contribution in [2.75, 3.05) is 7.11 Å². The van der Waals surface area contributed by atoms with Crippen LogP contribution in [-0.2, 0) is 9.53 Å². The normalized spacial score (nSPS) is 21.2. The minimum absolute atomic E-state index is 0.108. The average molecular weight is 328 g/mol. The van der Waals surface area contributed by atoms with Crippen molar-refractivity contribution in [2.45, 2.75) is 31.8 Å². The fourth-order valence-corrected chi connectivity index (χ4v) is 2.90. The summed E-state index contributed by atoms with van der Waals surface area (Å²) in [4.78, 5) is 22.4. The number of methoxy groups -OCH3 is 1. The molecule has 1 aliphatic carbocycles. The lowest BCUT2D eigenvalue weighted by atomic mass is 9.87. The second kappa shape index (κ2) is 7.05. The molecule has 5 nitrogen and oxygen atoms in total. The van der Waals surface area contributed by atoms with Gasteiger partial charge in [-0.3, -0.25) is 4.79 Å². The Labute approximate surface area is 130 Å². The summed E-state index contributed by atoms with van der Waals surface area (Å²) in [5.41, 5.74) is -0.413. The van der Waals surface area contributed by atoms with Crippen LogP contribution in [0.15, 0.2) is 12.1 Å². The summed E-state index contributed by atoms with van der Waals surface area (Å²) in [7, 11) is 3.71. The van der Waals surface area contributed by atoms with Gasteiger partial charge in [-0.2, -0.15) is 0 Å². The van der Waals surface area contributed by atoms with Crippen molar-refractivity contribution in [1.82, 2.24) is 0 Å². The third kappa shape index (κ3) is 3.74. The zero-order valence-corrected chi connectivity index (χ0v) is 13.3. The molecular weight excluding hydrogens is 310 g/mol. The first kappa shape index (κ1) is 16.7. The van der Waals surface area contributed by atoms with Gasteiger partial charge in [-0.15, -0.1) is 9.24 Å². The molecule has 1 saturated carbocycles. The second-order valence-electron chi connectivity index (χ2n) is 5.29. The highest BCUT2D eigenvalue weighted by Gasteiger charge is 2.28. The van der Waals surface area contributed by atoms with E-state index in [4.69, 9.17) is 14.6 Å². The number of benzene rings is 1. The highest BCUT2D eigenvalue weighted by atomic mass is 31.0. The topological polar surface area (TPSA) is 72.8 Å². The molecule has 0 aromatic heterocycles. The standard InChI is InChI=1S/C15H18FO5P/c1-20-15(19)8-2-4-9(5-3-8)21-12-6-10(14(17)18)11(16)7-13(12)22/h6-9H,2-5,22H2,1H3,(H,17,18). The minimum atomic E-state index is -1.33. The second-order valence-corrected chi connectivity index (χ2v) is 5.91. The van der Waals surface area contributed by atoms with Gasteiger partial charge < -0.3 is 14.6 Å². The van der Waals surface area contributed by atoms with Gasteiger partial charge in [0, 0.05) is 5.30 Å². The van der Waals surface area contributed by atoms with Gasteiger partial charge >= 0.3 is 11.9 Å². The van der Waals surface area contributed by atoms with Crippen LogP contribution in [0.25, 0.3) is 0 Å². The molecule has 0 spiro atoms. The van der Waals surface area contributed by atoms with E-state index in [1.54, 1.807) is 0 Å². The van der Waals surface area contributed by atoms with Crippen molar-refractivity contribution < 1.29 is 28.6 Å². The van der Waals surface area contributed by atoms with Crippen LogP contribution in [0.1, 0.15) is 36.0 Å². The largest absolute Gasteiger partial charge is 0.490 e. The lowest BCUT2D eigenvalue weighted by Crippen LogP contribution is -2.29. The molecule has 22 heavy (non-hydrogen) atoms. The number of aromatic carboxylic acids is 1. The van der Waals surface area contributed by atoms with Gasteiger partial charge in [0.15, 0.2) is 0 Å². The average Bonchev–Trinajstić information content (AvgIpc) is 2.49. The van der Waals surface area contributed by atoms with Gasteiger partial charge in [-0.1, -0.05) is 0 Å². The van der Waals surface area contributed by atoms with E-state index in [9.17, 15) is 14.0 Å². The molecule has 0 saturated heterocycles. The molecule has 1 aromatic carbocycles. The molecule has 120 valence electrons. The number of hydrogen-bond donors (Lipinski definition) is 1. The molecular formula is C15H18FO5P.